The van der Waals surface area contributed by atoms with E-state index in [1.807, 2.05) is 78.5 Å². The molecule has 0 saturated carbocycles. The van der Waals surface area contributed by atoms with Gasteiger partial charge in [-0.2, -0.15) is 0 Å². The number of carbonyl (C=O) groups excluding carboxylic acids is 1. The average Bonchev–Trinajstić information content (AvgIpc) is 3.03. The lowest BCUT2D eigenvalue weighted by Crippen LogP contribution is -2.03. The van der Waals surface area contributed by atoms with Gasteiger partial charge in [0.15, 0.2) is 0 Å². The number of rotatable bonds is 3. The molecule has 1 aromatic heterocycles. The quantitative estimate of drug-likeness (QED) is 0.531. The number of imidazole rings is 1. The van der Waals surface area contributed by atoms with Crippen LogP contribution in [0.4, 0.5) is 0 Å². The van der Waals surface area contributed by atoms with Crippen molar-refractivity contribution in [2.24, 2.45) is 7.05 Å². The summed E-state index contributed by atoms with van der Waals surface area (Å²) in [5.41, 5.74) is 0.702. The van der Waals surface area contributed by atoms with Crippen molar-refractivity contribution in [2.45, 2.75) is 0 Å². The molecule has 0 aliphatic rings. The third-order valence-corrected chi connectivity index (χ3v) is 3.50. The van der Waals surface area contributed by atoms with Crippen molar-refractivity contribution in [3.63, 3.8) is 0 Å². The molecule has 124 valence electrons. The maximum absolute atomic E-state index is 12.1. The highest BCUT2D eigenvalue weighted by Crippen LogP contribution is 2.16. The highest BCUT2D eigenvalue weighted by atomic mass is 16.5. The van der Waals surface area contributed by atoms with Crippen LogP contribution >= 0.6 is 0 Å². The molecule has 0 spiro atoms. The van der Waals surface area contributed by atoms with Gasteiger partial charge in [-0.05, 0) is 29.0 Å². The van der Waals surface area contributed by atoms with Crippen LogP contribution in [0.15, 0.2) is 85.3 Å². The summed E-state index contributed by atoms with van der Waals surface area (Å²) in [6.45, 7) is 0. The molecule has 0 unspecified atom stereocenters. The predicted molar refractivity (Wildman–Crippen MR) is 99.5 cm³/mol. The monoisotopic (exact) mass is 330 g/mol. The van der Waals surface area contributed by atoms with Gasteiger partial charge < -0.3 is 9.30 Å². The van der Waals surface area contributed by atoms with Crippen LogP contribution in [0.3, 0.4) is 0 Å². The van der Waals surface area contributed by atoms with Crippen molar-refractivity contribution < 1.29 is 9.53 Å². The van der Waals surface area contributed by atoms with Crippen molar-refractivity contribution in [1.82, 2.24) is 9.55 Å². The van der Waals surface area contributed by atoms with Crippen LogP contribution in [0.5, 0.6) is 5.75 Å². The Morgan fingerprint density at radius 1 is 1.00 bits per heavy atom. The number of benzene rings is 1. The molecule has 3 rings (SSSR count). The second-order valence-corrected chi connectivity index (χ2v) is 5.50. The Morgan fingerprint density at radius 3 is 2.40 bits per heavy atom. The summed E-state index contributed by atoms with van der Waals surface area (Å²) in [6.07, 6.45) is 6.50. The second kappa shape index (κ2) is 7.93. The number of carbonyl (C=O) groups is 1. The molecular weight excluding hydrogens is 312 g/mol. The highest BCUT2D eigenvalue weighted by Gasteiger charge is 2.00. The second-order valence-electron chi connectivity index (χ2n) is 5.50. The summed E-state index contributed by atoms with van der Waals surface area (Å²) in [5, 5.41) is 2.04. The lowest BCUT2D eigenvalue weighted by atomic mass is 10.1. The molecule has 0 radical (unpaired) electrons. The molecule has 4 heteroatoms. The van der Waals surface area contributed by atoms with Gasteiger partial charge in [0.05, 0.1) is 12.0 Å². The van der Waals surface area contributed by atoms with Gasteiger partial charge in [0.2, 0.25) is 0 Å². The Labute approximate surface area is 146 Å². The molecular formula is C21H18N2O2. The van der Waals surface area contributed by atoms with Gasteiger partial charge in [-0.3, -0.25) is 0 Å². The molecule has 0 aliphatic heterocycles. The number of hydrogen-bond acceptors (Lipinski definition) is 3. The Balaban J connectivity index is 1.89. The van der Waals surface area contributed by atoms with Crippen LogP contribution < -0.4 is 4.74 Å². The molecule has 2 aromatic carbocycles. The maximum Gasteiger partial charge on any atom is 0.336 e. The van der Waals surface area contributed by atoms with Crippen LogP contribution in [0.2, 0.25) is 0 Å². The fourth-order valence-electron chi connectivity index (χ4n) is 2.32. The highest BCUT2D eigenvalue weighted by molar-refractivity contribution is 5.89. The zero-order valence-electron chi connectivity index (χ0n) is 13.9. The van der Waals surface area contributed by atoms with Crippen LogP contribution in [-0.2, 0) is 11.8 Å². The summed E-state index contributed by atoms with van der Waals surface area (Å²) < 4.78 is 7.28. The summed E-state index contributed by atoms with van der Waals surface area (Å²) in [7, 11) is 1.87. The third kappa shape index (κ3) is 4.78. The lowest BCUT2D eigenvalue weighted by molar-refractivity contribution is -0.128. The van der Waals surface area contributed by atoms with Crippen molar-refractivity contribution in [1.29, 1.82) is 0 Å². The molecule has 0 saturated heterocycles. The molecule has 25 heavy (non-hydrogen) atoms. The predicted octanol–water partition coefficient (Wildman–Crippen LogP) is 4.32. The molecule has 4 nitrogen and oxygen atoms in total. The van der Waals surface area contributed by atoms with E-state index < -0.39 is 5.97 Å². The number of nitrogens with zero attached hydrogens (tertiary/aromatic N) is 2. The van der Waals surface area contributed by atoms with Crippen LogP contribution in [-0.4, -0.2) is 15.5 Å². The average molecular weight is 330 g/mol. The van der Waals surface area contributed by atoms with E-state index in [-0.39, 0.29) is 0 Å². The van der Waals surface area contributed by atoms with E-state index in [4.69, 9.17) is 4.74 Å². The minimum atomic E-state index is -0.449. The number of ether oxygens (including phenoxy) is 1. The smallest absolute Gasteiger partial charge is 0.336 e. The van der Waals surface area contributed by atoms with Crippen molar-refractivity contribution in [2.75, 3.05) is 0 Å². The Hall–Kier alpha value is -3.40. The SMILES string of the molecule is Cn1cnc(/C=C/C(=O)Oc2ccccccc3ccccc3c2)c1. The fraction of sp³-hybridized carbons (Fsp3) is 0.0476. The first kappa shape index (κ1) is 16.5. The van der Waals surface area contributed by atoms with E-state index in [2.05, 4.69) is 4.98 Å². The Kier molecular flexibility index (Phi) is 5.22. The van der Waals surface area contributed by atoms with E-state index in [0.717, 1.165) is 10.8 Å². The normalized spacial score (nSPS) is 10.6. The first-order valence-corrected chi connectivity index (χ1v) is 7.91. The van der Waals surface area contributed by atoms with Crippen LogP contribution in [0.25, 0.3) is 16.8 Å². The number of aryl methyl sites for hydroxylation is 1. The van der Waals surface area contributed by atoms with Gasteiger partial charge in [-0.1, -0.05) is 54.6 Å². The first-order chi connectivity index (χ1) is 12.2. The standard InChI is InChI=1S/C21H18N2O2/c1-23-15-19(22-16-23)12-13-21(24)25-20-11-5-3-2-4-8-17-9-6-7-10-18(17)14-20/h2-16H,1H3/b3-2?,4-2?,5-3?,8-4?,11-5?,13-12+,17-8?,18-14?,20-11?,20-14?. The lowest BCUT2D eigenvalue weighted by Gasteiger charge is -2.00. The van der Waals surface area contributed by atoms with E-state index >= 15 is 0 Å². The third-order valence-electron chi connectivity index (χ3n) is 3.50. The minimum absolute atomic E-state index is 0.449. The van der Waals surface area contributed by atoms with E-state index in [1.54, 1.807) is 18.5 Å². The van der Waals surface area contributed by atoms with Gasteiger partial charge in [-0.15, -0.1) is 0 Å². The maximum atomic E-state index is 12.1. The minimum Gasteiger partial charge on any atom is -0.423 e. The summed E-state index contributed by atoms with van der Waals surface area (Å²) in [6, 6.07) is 21.2. The van der Waals surface area contributed by atoms with Crippen molar-refractivity contribution >= 4 is 22.8 Å². The number of esters is 1. The molecule has 3 aromatic rings. The number of aromatic nitrogens is 2. The van der Waals surface area contributed by atoms with Gasteiger partial charge in [-0.25, -0.2) is 9.78 Å². The summed E-state index contributed by atoms with van der Waals surface area (Å²) in [4.78, 5) is 16.2. The largest absolute Gasteiger partial charge is 0.423 e. The van der Waals surface area contributed by atoms with E-state index in [1.165, 1.54) is 6.08 Å². The van der Waals surface area contributed by atoms with E-state index in [0.29, 0.717) is 11.4 Å². The topological polar surface area (TPSA) is 44.1 Å². The van der Waals surface area contributed by atoms with Crippen molar-refractivity contribution in [3.8, 4) is 5.75 Å². The van der Waals surface area contributed by atoms with Gasteiger partial charge in [0, 0.05) is 19.3 Å². The molecule has 0 N–H and O–H groups in total. The van der Waals surface area contributed by atoms with Gasteiger partial charge >= 0.3 is 5.97 Å². The molecule has 0 fully saturated rings. The van der Waals surface area contributed by atoms with Gasteiger partial charge in [0.1, 0.15) is 5.75 Å². The Bertz CT molecular complexity index is 972. The zero-order valence-corrected chi connectivity index (χ0v) is 13.9. The molecule has 0 atom stereocenters. The summed E-state index contributed by atoms with van der Waals surface area (Å²) in [5.74, 6) is 0.0266. The van der Waals surface area contributed by atoms with E-state index in [9.17, 15) is 4.79 Å². The molecule has 1 heterocycles. The van der Waals surface area contributed by atoms with Gasteiger partial charge in [0.25, 0.3) is 0 Å². The molecule has 0 amide bonds. The molecule has 0 bridgehead atoms. The molecule has 0 aliphatic carbocycles. The van der Waals surface area contributed by atoms with Crippen LogP contribution in [0, 0.1) is 0 Å². The Morgan fingerprint density at radius 2 is 1.68 bits per heavy atom. The number of fused-ring (bicyclic) bond motifs is 1. The number of hydrogen-bond donors (Lipinski definition) is 0. The zero-order chi connectivity index (χ0) is 17.5. The van der Waals surface area contributed by atoms with Crippen LogP contribution in [0.1, 0.15) is 5.69 Å². The first-order valence-electron chi connectivity index (χ1n) is 7.91. The van der Waals surface area contributed by atoms with Crippen molar-refractivity contribution in [3.05, 3.63) is 91.0 Å². The summed E-state index contributed by atoms with van der Waals surface area (Å²) >= 11 is 0. The fourth-order valence-corrected chi connectivity index (χ4v) is 2.32.